The first-order valence-electron chi connectivity index (χ1n) is 6.62. The third-order valence-corrected chi connectivity index (χ3v) is 3.66. The topological polar surface area (TPSA) is 30.0 Å². The molecule has 0 radical (unpaired) electrons. The number of rotatable bonds is 2. The quantitative estimate of drug-likeness (QED) is 0.650. The van der Waals surface area contributed by atoms with Crippen molar-refractivity contribution in [3.8, 4) is 0 Å². The van der Waals surface area contributed by atoms with E-state index in [0.717, 1.165) is 22.0 Å². The number of aryl methyl sites for hydroxylation is 2. The summed E-state index contributed by atoms with van der Waals surface area (Å²) in [5.74, 6) is 0.0479. The van der Waals surface area contributed by atoms with E-state index in [9.17, 15) is 4.79 Å². The highest BCUT2D eigenvalue weighted by atomic mass is 16.1. The minimum Gasteiger partial charge on any atom is -0.289 e. The fourth-order valence-corrected chi connectivity index (χ4v) is 2.34. The van der Waals surface area contributed by atoms with Crippen LogP contribution in [0.5, 0.6) is 0 Å². The molecule has 3 aromatic rings. The van der Waals surface area contributed by atoms with Gasteiger partial charge < -0.3 is 0 Å². The predicted molar refractivity (Wildman–Crippen MR) is 81.1 cm³/mol. The Morgan fingerprint density at radius 1 is 0.950 bits per heavy atom. The Hall–Kier alpha value is -2.48. The zero-order chi connectivity index (χ0) is 14.1. The highest BCUT2D eigenvalue weighted by Gasteiger charge is 2.13. The van der Waals surface area contributed by atoms with Gasteiger partial charge in [-0.2, -0.15) is 0 Å². The maximum absolute atomic E-state index is 12.7. The number of carbonyl (C=O) groups is 1. The lowest BCUT2D eigenvalue weighted by atomic mass is 9.97. The molecule has 0 aliphatic carbocycles. The van der Waals surface area contributed by atoms with E-state index in [1.165, 1.54) is 5.56 Å². The zero-order valence-corrected chi connectivity index (χ0v) is 11.6. The molecule has 0 unspecified atom stereocenters. The van der Waals surface area contributed by atoms with Gasteiger partial charge in [0.2, 0.25) is 0 Å². The van der Waals surface area contributed by atoms with Crippen molar-refractivity contribution >= 4 is 16.7 Å². The van der Waals surface area contributed by atoms with Gasteiger partial charge in [-0.05, 0) is 43.2 Å². The van der Waals surface area contributed by atoms with Crippen molar-refractivity contribution in [2.75, 3.05) is 0 Å². The maximum Gasteiger partial charge on any atom is 0.193 e. The lowest BCUT2D eigenvalue weighted by molar-refractivity contribution is 0.104. The van der Waals surface area contributed by atoms with E-state index in [0.29, 0.717) is 5.56 Å². The molecule has 0 amide bonds. The van der Waals surface area contributed by atoms with Crippen LogP contribution in [-0.2, 0) is 0 Å². The maximum atomic E-state index is 12.7. The average Bonchev–Trinajstić information content (AvgIpc) is 2.49. The molecule has 0 saturated carbocycles. The van der Waals surface area contributed by atoms with Crippen LogP contribution in [-0.4, -0.2) is 10.8 Å². The van der Waals surface area contributed by atoms with Gasteiger partial charge in [0.05, 0.1) is 5.52 Å². The molecule has 98 valence electrons. The molecule has 3 rings (SSSR count). The fourth-order valence-electron chi connectivity index (χ4n) is 2.34. The van der Waals surface area contributed by atoms with Gasteiger partial charge in [-0.1, -0.05) is 30.3 Å². The van der Waals surface area contributed by atoms with Gasteiger partial charge in [-0.15, -0.1) is 0 Å². The van der Waals surface area contributed by atoms with Crippen molar-refractivity contribution in [1.29, 1.82) is 0 Å². The summed E-state index contributed by atoms with van der Waals surface area (Å²) in [6.07, 6.45) is 1.74. The van der Waals surface area contributed by atoms with Gasteiger partial charge in [-0.3, -0.25) is 9.78 Å². The van der Waals surface area contributed by atoms with Crippen LogP contribution in [0.1, 0.15) is 27.0 Å². The molecule has 2 nitrogen and oxygen atoms in total. The van der Waals surface area contributed by atoms with Gasteiger partial charge >= 0.3 is 0 Å². The van der Waals surface area contributed by atoms with Crippen LogP contribution in [0.15, 0.2) is 54.7 Å². The average molecular weight is 261 g/mol. The minimum atomic E-state index is 0.0479. The molecule has 0 aliphatic heterocycles. The third-order valence-electron chi connectivity index (χ3n) is 3.66. The van der Waals surface area contributed by atoms with Crippen molar-refractivity contribution in [1.82, 2.24) is 4.98 Å². The Balaban J connectivity index is 2.15. The Kier molecular flexibility index (Phi) is 3.07. The van der Waals surface area contributed by atoms with Crippen molar-refractivity contribution in [2.45, 2.75) is 13.8 Å². The molecule has 0 spiro atoms. The molecule has 0 aliphatic rings. The van der Waals surface area contributed by atoms with Crippen molar-refractivity contribution in [3.63, 3.8) is 0 Å². The van der Waals surface area contributed by atoms with Crippen molar-refractivity contribution in [2.24, 2.45) is 0 Å². The second kappa shape index (κ2) is 4.89. The monoisotopic (exact) mass is 261 g/mol. The number of hydrogen-bond donors (Lipinski definition) is 0. The van der Waals surface area contributed by atoms with E-state index in [1.807, 2.05) is 62.4 Å². The van der Waals surface area contributed by atoms with Crippen molar-refractivity contribution < 1.29 is 4.79 Å². The van der Waals surface area contributed by atoms with Crippen LogP contribution >= 0.6 is 0 Å². The Bertz CT molecular complexity index is 800. The lowest BCUT2D eigenvalue weighted by Gasteiger charge is -2.07. The van der Waals surface area contributed by atoms with Gasteiger partial charge in [0.15, 0.2) is 5.78 Å². The van der Waals surface area contributed by atoms with Crippen molar-refractivity contribution in [3.05, 3.63) is 77.0 Å². The Morgan fingerprint density at radius 3 is 2.60 bits per heavy atom. The van der Waals surface area contributed by atoms with E-state index in [4.69, 9.17) is 0 Å². The van der Waals surface area contributed by atoms with Crippen LogP contribution in [0.4, 0.5) is 0 Å². The standard InChI is InChI=1S/C18H15NO/c1-12-8-9-14(11-13(12)2)18(20)16-5-3-7-17-15(16)6-4-10-19-17/h3-11H,1-2H3. The zero-order valence-electron chi connectivity index (χ0n) is 11.6. The normalized spacial score (nSPS) is 10.7. The highest BCUT2D eigenvalue weighted by molar-refractivity contribution is 6.16. The molecule has 0 bridgehead atoms. The predicted octanol–water partition coefficient (Wildman–Crippen LogP) is 4.08. The molecule has 0 atom stereocenters. The highest BCUT2D eigenvalue weighted by Crippen LogP contribution is 2.21. The number of hydrogen-bond acceptors (Lipinski definition) is 2. The summed E-state index contributed by atoms with van der Waals surface area (Å²) in [6.45, 7) is 4.07. The molecule has 0 saturated heterocycles. The van der Waals surface area contributed by atoms with Gasteiger partial charge in [-0.25, -0.2) is 0 Å². The second-order valence-corrected chi connectivity index (χ2v) is 5.00. The van der Waals surface area contributed by atoms with Crippen LogP contribution in [0, 0.1) is 13.8 Å². The number of fused-ring (bicyclic) bond motifs is 1. The summed E-state index contributed by atoms with van der Waals surface area (Å²) in [5, 5.41) is 0.901. The van der Waals surface area contributed by atoms with Crippen LogP contribution < -0.4 is 0 Å². The third kappa shape index (κ3) is 2.10. The molecule has 2 aromatic carbocycles. The van der Waals surface area contributed by atoms with E-state index >= 15 is 0 Å². The molecular weight excluding hydrogens is 246 g/mol. The number of carbonyl (C=O) groups excluding carboxylic acids is 1. The summed E-state index contributed by atoms with van der Waals surface area (Å²) in [4.78, 5) is 17.0. The van der Waals surface area contributed by atoms with E-state index in [2.05, 4.69) is 4.98 Å². The first-order valence-corrected chi connectivity index (χ1v) is 6.62. The largest absolute Gasteiger partial charge is 0.289 e. The smallest absolute Gasteiger partial charge is 0.193 e. The van der Waals surface area contributed by atoms with Gasteiger partial charge in [0.1, 0.15) is 0 Å². The summed E-state index contributed by atoms with van der Waals surface area (Å²) >= 11 is 0. The first kappa shape index (κ1) is 12.5. The number of ketones is 1. The summed E-state index contributed by atoms with van der Waals surface area (Å²) in [5.41, 5.74) is 4.61. The van der Waals surface area contributed by atoms with Crippen LogP contribution in [0.3, 0.4) is 0 Å². The van der Waals surface area contributed by atoms with Crippen LogP contribution in [0.25, 0.3) is 10.9 Å². The fraction of sp³-hybridized carbons (Fsp3) is 0.111. The first-order chi connectivity index (χ1) is 9.66. The SMILES string of the molecule is Cc1ccc(C(=O)c2cccc3ncccc23)cc1C. The number of pyridine rings is 1. The van der Waals surface area contributed by atoms with E-state index < -0.39 is 0 Å². The van der Waals surface area contributed by atoms with E-state index in [-0.39, 0.29) is 5.78 Å². The number of aromatic nitrogens is 1. The molecule has 1 aromatic heterocycles. The summed E-state index contributed by atoms with van der Waals surface area (Å²) in [7, 11) is 0. The lowest BCUT2D eigenvalue weighted by Crippen LogP contribution is -2.03. The van der Waals surface area contributed by atoms with E-state index in [1.54, 1.807) is 6.20 Å². The summed E-state index contributed by atoms with van der Waals surface area (Å²) < 4.78 is 0. The summed E-state index contributed by atoms with van der Waals surface area (Å²) in [6, 6.07) is 15.3. The molecule has 20 heavy (non-hydrogen) atoms. The molecular formula is C18H15NO. The van der Waals surface area contributed by atoms with Crippen LogP contribution in [0.2, 0.25) is 0 Å². The molecule has 0 N–H and O–H groups in total. The Labute approximate surface area is 118 Å². The number of benzene rings is 2. The molecule has 1 heterocycles. The molecule has 0 fully saturated rings. The van der Waals surface area contributed by atoms with Gasteiger partial charge in [0, 0.05) is 22.7 Å². The Morgan fingerprint density at radius 2 is 1.80 bits per heavy atom. The minimum absolute atomic E-state index is 0.0479. The van der Waals surface area contributed by atoms with Gasteiger partial charge in [0.25, 0.3) is 0 Å². The number of nitrogens with zero attached hydrogens (tertiary/aromatic N) is 1. The molecule has 2 heteroatoms. The second-order valence-electron chi connectivity index (χ2n) is 5.00.